The lowest BCUT2D eigenvalue weighted by atomic mass is 9.67. The molecule has 1 aliphatic carbocycles. The average Bonchev–Trinajstić information content (AvgIpc) is 2.68. The van der Waals surface area contributed by atoms with Crippen LogP contribution >= 0.6 is 0 Å². The number of nitrogens with zero attached hydrogens (tertiary/aromatic N) is 1. The van der Waals surface area contributed by atoms with Crippen molar-refractivity contribution in [2.24, 2.45) is 5.92 Å². The summed E-state index contributed by atoms with van der Waals surface area (Å²) in [5.41, 5.74) is 2.72. The van der Waals surface area contributed by atoms with Crippen molar-refractivity contribution in [2.75, 3.05) is 0 Å². The number of benzene rings is 1. The molecule has 1 heterocycles. The van der Waals surface area contributed by atoms with Crippen LogP contribution in [-0.4, -0.2) is 22.1 Å². The number of aryl methyl sites for hydroxylation is 1. The molecule has 1 aromatic rings. The van der Waals surface area contributed by atoms with Crippen molar-refractivity contribution in [1.82, 2.24) is 0 Å². The molecule has 1 aromatic carbocycles. The zero-order valence-electron chi connectivity index (χ0n) is 14.2. The van der Waals surface area contributed by atoms with E-state index in [1.54, 1.807) is 0 Å². The monoisotopic (exact) mass is 286 g/mol. The number of hydrogen-bond donors (Lipinski definition) is 0. The van der Waals surface area contributed by atoms with Crippen molar-refractivity contribution in [3.05, 3.63) is 35.4 Å². The summed E-state index contributed by atoms with van der Waals surface area (Å²) in [7, 11) is 0. The van der Waals surface area contributed by atoms with Gasteiger partial charge >= 0.3 is 5.90 Å². The zero-order chi connectivity index (χ0) is 15.4. The first kappa shape index (κ1) is 14.6. The number of hydrogen-bond acceptors (Lipinski definition) is 1. The lowest BCUT2D eigenvalue weighted by molar-refractivity contribution is -0.642. The lowest BCUT2D eigenvalue weighted by Crippen LogP contribution is -2.55. The topological polar surface area (TPSA) is 12.2 Å². The normalized spacial score (nSPS) is 31.4. The van der Waals surface area contributed by atoms with Gasteiger partial charge in [-0.05, 0) is 53.0 Å². The van der Waals surface area contributed by atoms with E-state index in [1.807, 2.05) is 0 Å². The molecule has 0 unspecified atom stereocenters. The highest BCUT2D eigenvalue weighted by Crippen LogP contribution is 2.51. The van der Waals surface area contributed by atoms with Gasteiger partial charge in [0.15, 0.2) is 11.6 Å². The van der Waals surface area contributed by atoms with Crippen LogP contribution in [0.4, 0.5) is 0 Å². The highest BCUT2D eigenvalue weighted by Gasteiger charge is 2.66. The minimum Gasteiger partial charge on any atom is -0.434 e. The Morgan fingerprint density at radius 3 is 2.38 bits per heavy atom. The lowest BCUT2D eigenvalue weighted by Gasteiger charge is -2.41. The maximum atomic E-state index is 6.59. The van der Waals surface area contributed by atoms with Crippen molar-refractivity contribution in [3.8, 4) is 0 Å². The molecule has 1 aliphatic heterocycles. The minimum atomic E-state index is -0.134. The molecule has 0 spiro atoms. The Morgan fingerprint density at radius 2 is 1.76 bits per heavy atom. The number of rotatable bonds is 2. The number of fused-ring (bicyclic) bond motifs is 3. The molecule has 0 bridgehead atoms. The van der Waals surface area contributed by atoms with E-state index in [2.05, 4.69) is 70.4 Å². The molecule has 3 rings (SSSR count). The van der Waals surface area contributed by atoms with E-state index >= 15 is 0 Å². The summed E-state index contributed by atoms with van der Waals surface area (Å²) in [5.74, 6) is 1.57. The molecule has 0 saturated carbocycles. The van der Waals surface area contributed by atoms with E-state index in [-0.39, 0.29) is 11.1 Å². The van der Waals surface area contributed by atoms with Crippen LogP contribution < -0.4 is 0 Å². The second-order valence-corrected chi connectivity index (χ2v) is 7.52. The maximum Gasteiger partial charge on any atom is 0.340 e. The molecule has 2 nitrogen and oxygen atoms in total. The van der Waals surface area contributed by atoms with Crippen LogP contribution in [0.3, 0.4) is 0 Å². The summed E-state index contributed by atoms with van der Waals surface area (Å²) < 4.78 is 9.13. The molecular formula is C19H28NO+. The predicted octanol–water partition coefficient (Wildman–Crippen LogP) is 4.11. The minimum absolute atomic E-state index is 0.0738. The van der Waals surface area contributed by atoms with Gasteiger partial charge < -0.3 is 4.74 Å². The molecule has 0 saturated heterocycles. The largest absolute Gasteiger partial charge is 0.434 e. The van der Waals surface area contributed by atoms with Crippen LogP contribution in [0, 0.1) is 5.92 Å². The Balaban J connectivity index is 2.28. The van der Waals surface area contributed by atoms with Crippen molar-refractivity contribution in [1.29, 1.82) is 0 Å². The smallest absolute Gasteiger partial charge is 0.340 e. The van der Waals surface area contributed by atoms with Gasteiger partial charge in [0.1, 0.15) is 0 Å². The van der Waals surface area contributed by atoms with E-state index in [0.29, 0.717) is 12.0 Å². The summed E-state index contributed by atoms with van der Waals surface area (Å²) in [4.78, 5) is 0. The van der Waals surface area contributed by atoms with E-state index in [9.17, 15) is 0 Å². The molecule has 0 amide bonds. The van der Waals surface area contributed by atoms with Gasteiger partial charge in [-0.2, -0.15) is 4.58 Å². The van der Waals surface area contributed by atoms with Crippen LogP contribution in [-0.2, 0) is 16.7 Å². The second-order valence-electron chi connectivity index (χ2n) is 7.52. The van der Waals surface area contributed by atoms with Crippen LogP contribution in [0.2, 0.25) is 0 Å². The van der Waals surface area contributed by atoms with Gasteiger partial charge in [-0.3, -0.25) is 0 Å². The fourth-order valence-corrected chi connectivity index (χ4v) is 4.32. The van der Waals surface area contributed by atoms with Crippen molar-refractivity contribution in [2.45, 2.75) is 71.6 Å². The van der Waals surface area contributed by atoms with Crippen LogP contribution in [0.15, 0.2) is 24.3 Å². The first-order valence-electron chi connectivity index (χ1n) is 8.25. The van der Waals surface area contributed by atoms with Crippen molar-refractivity contribution < 1.29 is 9.31 Å². The van der Waals surface area contributed by atoms with Gasteiger partial charge in [0.25, 0.3) is 0 Å². The molecule has 2 atom stereocenters. The maximum absolute atomic E-state index is 6.59. The van der Waals surface area contributed by atoms with Crippen LogP contribution in [0.5, 0.6) is 0 Å². The van der Waals surface area contributed by atoms with Gasteiger partial charge in [0, 0.05) is 12.5 Å². The van der Waals surface area contributed by atoms with Gasteiger partial charge in [-0.15, -0.1) is 0 Å². The SMILES string of the molecule is CC(C)C1=[N+](C(C)C)[C@@]2(C)c3ccccc3CC[C@@]2(C)O1. The summed E-state index contributed by atoms with van der Waals surface area (Å²) in [5, 5.41) is 0. The quantitative estimate of drug-likeness (QED) is 0.745. The van der Waals surface area contributed by atoms with Crippen LogP contribution in [0.25, 0.3) is 0 Å². The van der Waals surface area contributed by atoms with E-state index in [4.69, 9.17) is 4.74 Å². The van der Waals surface area contributed by atoms with Gasteiger partial charge in [0.2, 0.25) is 5.54 Å². The molecule has 0 N–H and O–H groups in total. The van der Waals surface area contributed by atoms with Crippen molar-refractivity contribution in [3.63, 3.8) is 0 Å². The Morgan fingerprint density at radius 1 is 1.10 bits per heavy atom. The van der Waals surface area contributed by atoms with Gasteiger partial charge in [-0.25, -0.2) is 0 Å². The summed E-state index contributed by atoms with van der Waals surface area (Å²) >= 11 is 0. The summed E-state index contributed by atoms with van der Waals surface area (Å²) in [6.45, 7) is 13.7. The molecule has 2 aliphatic rings. The van der Waals surface area contributed by atoms with E-state index in [1.165, 1.54) is 11.1 Å². The summed E-state index contributed by atoms with van der Waals surface area (Å²) in [6.07, 6.45) is 2.19. The Hall–Kier alpha value is -1.31. The first-order chi connectivity index (χ1) is 9.81. The highest BCUT2D eigenvalue weighted by molar-refractivity contribution is 5.75. The second kappa shape index (κ2) is 4.59. The van der Waals surface area contributed by atoms with Crippen molar-refractivity contribution >= 4 is 5.90 Å². The third kappa shape index (κ3) is 1.81. The predicted molar refractivity (Wildman–Crippen MR) is 86.8 cm³/mol. The van der Waals surface area contributed by atoms with Gasteiger partial charge in [-0.1, -0.05) is 24.3 Å². The van der Waals surface area contributed by atoms with E-state index in [0.717, 1.165) is 18.7 Å². The Kier molecular flexibility index (Phi) is 3.20. The average molecular weight is 286 g/mol. The fraction of sp³-hybridized carbons (Fsp3) is 0.632. The Labute approximate surface area is 128 Å². The molecule has 0 radical (unpaired) electrons. The van der Waals surface area contributed by atoms with Gasteiger partial charge in [0.05, 0.1) is 5.92 Å². The number of ether oxygens (including phenoxy) is 1. The fourth-order valence-electron chi connectivity index (χ4n) is 4.32. The highest BCUT2D eigenvalue weighted by atomic mass is 16.5. The molecule has 21 heavy (non-hydrogen) atoms. The standard InChI is InChI=1S/C19H28NO/c1-13(2)17-20(14(3)4)19(6)16-10-8-7-9-15(16)11-12-18(19,5)21-17/h7-10,13-14H,11-12H2,1-6H3/q+1/t18-,19+/m1/s1. The molecule has 2 heteroatoms. The van der Waals surface area contributed by atoms with Crippen LogP contribution in [0.1, 0.15) is 59.1 Å². The first-order valence-corrected chi connectivity index (χ1v) is 8.25. The third-order valence-electron chi connectivity index (χ3n) is 5.50. The molecule has 0 aromatic heterocycles. The summed E-state index contributed by atoms with van der Waals surface area (Å²) in [6, 6.07) is 9.34. The Bertz CT molecular complexity index is 601. The molecular weight excluding hydrogens is 258 g/mol. The third-order valence-corrected chi connectivity index (χ3v) is 5.50. The van der Waals surface area contributed by atoms with E-state index < -0.39 is 0 Å². The zero-order valence-corrected chi connectivity index (χ0v) is 14.2. The molecule has 0 fully saturated rings. The molecule has 114 valence electrons.